The molecular formula is C6H14N3O3S-. The molecule has 1 fully saturated rings. The summed E-state index contributed by atoms with van der Waals surface area (Å²) in [5.74, 6) is 0. The van der Waals surface area contributed by atoms with Crippen LogP contribution in [0, 0.1) is 0 Å². The number of nitrogens with two attached hydrogens (primary N) is 1. The van der Waals surface area contributed by atoms with Gasteiger partial charge in [-0.2, -0.15) is 0 Å². The number of carbonyl (C=O) groups is 1. The van der Waals surface area contributed by atoms with Crippen molar-refractivity contribution in [1.29, 1.82) is 0 Å². The van der Waals surface area contributed by atoms with Crippen LogP contribution in [0.25, 0.3) is 0 Å². The van der Waals surface area contributed by atoms with Crippen molar-refractivity contribution in [3.63, 3.8) is 0 Å². The molecule has 1 saturated heterocycles. The van der Waals surface area contributed by atoms with Crippen LogP contribution in [0.15, 0.2) is 0 Å². The topological polar surface area (TPSA) is 98.5 Å². The van der Waals surface area contributed by atoms with Crippen LogP contribution in [0.4, 0.5) is 4.79 Å². The summed E-state index contributed by atoms with van der Waals surface area (Å²) in [7, 11) is 0. The quantitative estimate of drug-likeness (QED) is 0.471. The van der Waals surface area contributed by atoms with E-state index >= 15 is 0 Å². The molecule has 0 saturated carbocycles. The number of primary amides is 1. The molecule has 0 aliphatic carbocycles. The van der Waals surface area contributed by atoms with E-state index in [2.05, 4.69) is 5.32 Å². The van der Waals surface area contributed by atoms with E-state index < -0.39 is 11.1 Å². The lowest BCUT2D eigenvalue weighted by atomic mass is 10.4. The van der Waals surface area contributed by atoms with E-state index in [1.807, 2.05) is 0 Å². The normalized spacial score (nSPS) is 18.5. The molecule has 1 atom stereocenters. The zero-order valence-electron chi connectivity index (χ0n) is 7.49. The molecule has 0 bridgehead atoms. The second kappa shape index (κ2) is 6.81. The fraction of sp³-hybridized carbons (Fsp3) is 0.833. The Hall–Kier alpha value is -0.660. The van der Waals surface area contributed by atoms with Crippen LogP contribution in [0.2, 0.25) is 0 Å². The van der Waals surface area contributed by atoms with Crippen molar-refractivity contribution in [1.82, 2.24) is 10.2 Å². The van der Waals surface area contributed by atoms with Crippen molar-refractivity contribution in [2.24, 2.45) is 5.73 Å². The van der Waals surface area contributed by atoms with Gasteiger partial charge in [0.25, 0.3) is 0 Å². The van der Waals surface area contributed by atoms with Gasteiger partial charge >= 0.3 is 6.03 Å². The van der Waals surface area contributed by atoms with E-state index in [0.29, 0.717) is 0 Å². The number of carbonyl (C=O) groups excluding carboxylic acids is 1. The highest BCUT2D eigenvalue weighted by Crippen LogP contribution is 1.89. The summed E-state index contributed by atoms with van der Waals surface area (Å²) in [5, 5.41) is 3.12. The highest BCUT2D eigenvalue weighted by molar-refractivity contribution is 7.78. The third-order valence-corrected chi connectivity index (χ3v) is 1.43. The first-order valence-electron chi connectivity index (χ1n) is 3.80. The van der Waals surface area contributed by atoms with Gasteiger partial charge in [0, 0.05) is 26.2 Å². The van der Waals surface area contributed by atoms with Gasteiger partial charge in [0.1, 0.15) is 0 Å². The predicted molar refractivity (Wildman–Crippen MR) is 48.9 cm³/mol. The molecule has 7 heteroatoms. The fourth-order valence-electron chi connectivity index (χ4n) is 0.885. The molecule has 0 aromatic carbocycles. The molecule has 0 aromatic heterocycles. The second-order valence-corrected chi connectivity index (χ2v) is 3.28. The Morgan fingerprint density at radius 3 is 2.15 bits per heavy atom. The molecule has 1 aliphatic heterocycles. The van der Waals surface area contributed by atoms with Gasteiger partial charge in [-0.25, -0.2) is 4.79 Å². The Morgan fingerprint density at radius 1 is 1.54 bits per heavy atom. The number of nitrogens with one attached hydrogen (secondary N) is 1. The summed E-state index contributed by atoms with van der Waals surface area (Å²) in [6.45, 7) is 3.22. The molecule has 6 nitrogen and oxygen atoms in total. The van der Waals surface area contributed by atoms with Gasteiger partial charge in [-0.05, 0) is 6.26 Å². The van der Waals surface area contributed by atoms with Crippen molar-refractivity contribution in [2.75, 3.05) is 32.4 Å². The molecule has 0 spiro atoms. The zero-order valence-corrected chi connectivity index (χ0v) is 8.30. The minimum atomic E-state index is -1.86. The number of urea groups is 1. The molecule has 0 aromatic rings. The molecule has 78 valence electrons. The highest BCUT2D eigenvalue weighted by atomic mass is 32.2. The van der Waals surface area contributed by atoms with Gasteiger partial charge in [-0.15, -0.1) is 0 Å². The smallest absolute Gasteiger partial charge is 0.314 e. The molecule has 0 radical (unpaired) electrons. The SMILES string of the molecule is CS(=O)[O-].NC(=O)N1CCNCC1. The fourth-order valence-corrected chi connectivity index (χ4v) is 0.885. The van der Waals surface area contributed by atoms with Gasteiger partial charge in [0.05, 0.1) is 0 Å². The lowest BCUT2D eigenvalue weighted by Crippen LogP contribution is -2.48. The summed E-state index contributed by atoms with van der Waals surface area (Å²) in [6.07, 6.45) is 1.08. The maximum Gasteiger partial charge on any atom is 0.314 e. The van der Waals surface area contributed by atoms with Gasteiger partial charge < -0.3 is 20.5 Å². The molecule has 1 aliphatic rings. The van der Waals surface area contributed by atoms with Crippen LogP contribution in [-0.2, 0) is 11.1 Å². The van der Waals surface area contributed by atoms with Crippen molar-refractivity contribution < 1.29 is 13.6 Å². The Kier molecular flexibility index (Phi) is 6.47. The number of amides is 2. The standard InChI is InChI=1S/C5H11N3O.CH4O2S/c6-5(9)8-3-1-7-2-4-8;1-4(2)3/h7H,1-4H2,(H2,6,9);1H3,(H,2,3)/p-1. The molecule has 1 unspecified atom stereocenters. The summed E-state index contributed by atoms with van der Waals surface area (Å²) in [5.41, 5.74) is 5.03. The van der Waals surface area contributed by atoms with Crippen molar-refractivity contribution in [3.05, 3.63) is 0 Å². The first-order chi connectivity index (χ1) is 6.04. The zero-order chi connectivity index (χ0) is 10.3. The molecule has 13 heavy (non-hydrogen) atoms. The number of hydrogen-bond acceptors (Lipinski definition) is 4. The predicted octanol–water partition coefficient (Wildman–Crippen LogP) is -1.53. The molecule has 3 N–H and O–H groups in total. The Labute approximate surface area is 79.8 Å². The van der Waals surface area contributed by atoms with E-state index in [0.717, 1.165) is 32.4 Å². The van der Waals surface area contributed by atoms with E-state index in [1.54, 1.807) is 4.90 Å². The minimum Gasteiger partial charge on any atom is -0.773 e. The first-order valence-corrected chi connectivity index (χ1v) is 5.28. The van der Waals surface area contributed by atoms with Crippen LogP contribution in [0.1, 0.15) is 0 Å². The molecule has 1 rings (SSSR count). The number of rotatable bonds is 0. The van der Waals surface area contributed by atoms with E-state index in [4.69, 9.17) is 14.5 Å². The average Bonchev–Trinajstić information content (AvgIpc) is 2.05. The Balaban J connectivity index is 0.000000310. The summed E-state index contributed by atoms with van der Waals surface area (Å²) in [6, 6.07) is -0.309. The lowest BCUT2D eigenvalue weighted by molar-refractivity contribution is 0.200. The van der Waals surface area contributed by atoms with Crippen molar-refractivity contribution in [2.45, 2.75) is 0 Å². The monoisotopic (exact) mass is 208 g/mol. The van der Waals surface area contributed by atoms with Crippen molar-refractivity contribution >= 4 is 17.1 Å². The third-order valence-electron chi connectivity index (χ3n) is 1.43. The Morgan fingerprint density at radius 2 is 1.92 bits per heavy atom. The number of piperazine rings is 1. The summed E-state index contributed by atoms with van der Waals surface area (Å²) >= 11 is -1.86. The van der Waals surface area contributed by atoms with E-state index in [1.165, 1.54) is 0 Å². The van der Waals surface area contributed by atoms with E-state index in [9.17, 15) is 4.79 Å². The number of nitrogens with zero attached hydrogens (tertiary/aromatic N) is 1. The second-order valence-electron chi connectivity index (χ2n) is 2.48. The average molecular weight is 208 g/mol. The van der Waals surface area contributed by atoms with Gasteiger partial charge in [-0.3, -0.25) is 4.21 Å². The Bertz CT molecular complexity index is 178. The van der Waals surface area contributed by atoms with Crippen LogP contribution in [0.3, 0.4) is 0 Å². The maximum absolute atomic E-state index is 10.5. The van der Waals surface area contributed by atoms with Crippen LogP contribution < -0.4 is 11.1 Å². The van der Waals surface area contributed by atoms with Crippen LogP contribution >= 0.6 is 0 Å². The number of hydrogen-bond donors (Lipinski definition) is 2. The maximum atomic E-state index is 10.5. The molecule has 2 amide bonds. The first kappa shape index (κ1) is 12.3. The van der Waals surface area contributed by atoms with E-state index in [-0.39, 0.29) is 6.03 Å². The van der Waals surface area contributed by atoms with Gasteiger partial charge in [0.15, 0.2) is 0 Å². The summed E-state index contributed by atoms with van der Waals surface area (Å²) in [4.78, 5) is 12.1. The van der Waals surface area contributed by atoms with Crippen molar-refractivity contribution in [3.8, 4) is 0 Å². The van der Waals surface area contributed by atoms with Gasteiger partial charge in [-0.1, -0.05) is 11.1 Å². The molecular weight excluding hydrogens is 194 g/mol. The van der Waals surface area contributed by atoms with Crippen LogP contribution in [0.5, 0.6) is 0 Å². The highest BCUT2D eigenvalue weighted by Gasteiger charge is 2.11. The molecule has 1 heterocycles. The third kappa shape index (κ3) is 7.69. The van der Waals surface area contributed by atoms with Gasteiger partial charge in [0.2, 0.25) is 0 Å². The summed E-state index contributed by atoms with van der Waals surface area (Å²) < 4.78 is 18.0. The minimum absolute atomic E-state index is 0.309. The largest absolute Gasteiger partial charge is 0.773 e. The lowest BCUT2D eigenvalue weighted by Gasteiger charge is -2.25. The van der Waals surface area contributed by atoms with Crippen LogP contribution in [-0.4, -0.2) is 52.1 Å².